The van der Waals surface area contributed by atoms with Crippen molar-refractivity contribution in [3.63, 3.8) is 0 Å². The Balaban J connectivity index is 1.68. The lowest BCUT2D eigenvalue weighted by Crippen LogP contribution is -2.17. The third-order valence-electron chi connectivity index (χ3n) is 4.26. The van der Waals surface area contributed by atoms with Crippen molar-refractivity contribution < 1.29 is 0 Å². The van der Waals surface area contributed by atoms with Gasteiger partial charge < -0.3 is 10.6 Å². The molecule has 0 aliphatic heterocycles. The van der Waals surface area contributed by atoms with Crippen molar-refractivity contribution in [3.8, 4) is 0 Å². The van der Waals surface area contributed by atoms with E-state index in [0.717, 1.165) is 24.0 Å². The second kappa shape index (κ2) is 6.77. The van der Waals surface area contributed by atoms with Gasteiger partial charge in [0.2, 0.25) is 5.95 Å². The first-order valence-electron chi connectivity index (χ1n) is 8.11. The fourth-order valence-corrected chi connectivity index (χ4v) is 2.97. The second-order valence-electron chi connectivity index (χ2n) is 6.12. The molecule has 4 nitrogen and oxygen atoms in total. The number of aryl methyl sites for hydroxylation is 2. The van der Waals surface area contributed by atoms with E-state index in [-0.39, 0.29) is 0 Å². The van der Waals surface area contributed by atoms with Gasteiger partial charge in [0.1, 0.15) is 5.82 Å². The quantitative estimate of drug-likeness (QED) is 0.873. The summed E-state index contributed by atoms with van der Waals surface area (Å²) < 4.78 is 0. The summed E-state index contributed by atoms with van der Waals surface area (Å²) >= 11 is 0. The Kier molecular flexibility index (Phi) is 4.56. The van der Waals surface area contributed by atoms with Crippen LogP contribution >= 0.6 is 0 Å². The van der Waals surface area contributed by atoms with Crippen molar-refractivity contribution in [2.75, 3.05) is 10.6 Å². The fraction of sp³-hybridized carbons (Fsp3) is 0.444. The van der Waals surface area contributed by atoms with Gasteiger partial charge in [0.25, 0.3) is 0 Å². The average Bonchev–Trinajstić information content (AvgIpc) is 2.99. The number of aromatic nitrogens is 2. The zero-order valence-corrected chi connectivity index (χ0v) is 13.4. The van der Waals surface area contributed by atoms with Crippen LogP contribution in [0.25, 0.3) is 0 Å². The molecule has 1 heterocycles. The van der Waals surface area contributed by atoms with Gasteiger partial charge in [-0.2, -0.15) is 4.98 Å². The number of hydrogen-bond acceptors (Lipinski definition) is 4. The van der Waals surface area contributed by atoms with E-state index in [0.29, 0.717) is 6.04 Å². The summed E-state index contributed by atoms with van der Waals surface area (Å²) in [7, 11) is 0. The molecule has 1 aromatic carbocycles. The number of nitrogens with one attached hydrogen (secondary N) is 2. The first-order valence-corrected chi connectivity index (χ1v) is 8.11. The van der Waals surface area contributed by atoms with Gasteiger partial charge in [0.05, 0.1) is 0 Å². The zero-order valence-electron chi connectivity index (χ0n) is 13.4. The van der Waals surface area contributed by atoms with Gasteiger partial charge in [-0.25, -0.2) is 4.98 Å². The van der Waals surface area contributed by atoms with Crippen LogP contribution in [-0.4, -0.2) is 16.0 Å². The van der Waals surface area contributed by atoms with Crippen molar-refractivity contribution in [3.05, 3.63) is 47.2 Å². The van der Waals surface area contributed by atoms with Crippen LogP contribution in [0.5, 0.6) is 0 Å². The summed E-state index contributed by atoms with van der Waals surface area (Å²) in [5, 5.41) is 6.89. The van der Waals surface area contributed by atoms with Crippen LogP contribution in [0.4, 0.5) is 11.8 Å². The van der Waals surface area contributed by atoms with Crippen LogP contribution in [0.3, 0.4) is 0 Å². The molecule has 1 aromatic heterocycles. The van der Waals surface area contributed by atoms with Crippen molar-refractivity contribution in [2.45, 2.75) is 52.1 Å². The molecule has 0 saturated heterocycles. The number of rotatable bonds is 5. The molecule has 0 spiro atoms. The van der Waals surface area contributed by atoms with Gasteiger partial charge in [-0.15, -0.1) is 0 Å². The first-order chi connectivity index (χ1) is 10.7. The first kappa shape index (κ1) is 14.8. The monoisotopic (exact) mass is 296 g/mol. The number of hydrogen-bond donors (Lipinski definition) is 2. The largest absolute Gasteiger partial charge is 0.366 e. The topological polar surface area (TPSA) is 49.8 Å². The van der Waals surface area contributed by atoms with Gasteiger partial charge in [0, 0.05) is 24.3 Å². The molecule has 1 fully saturated rings. The third-order valence-corrected chi connectivity index (χ3v) is 4.26. The molecule has 0 amide bonds. The highest BCUT2D eigenvalue weighted by Gasteiger charge is 2.16. The highest BCUT2D eigenvalue weighted by atomic mass is 15.2. The lowest BCUT2D eigenvalue weighted by molar-refractivity contribution is 0.743. The van der Waals surface area contributed by atoms with Crippen molar-refractivity contribution in [1.82, 2.24) is 9.97 Å². The summed E-state index contributed by atoms with van der Waals surface area (Å²) in [6.07, 6.45) is 5.07. The number of nitrogens with zero attached hydrogens (tertiary/aromatic N) is 2. The molecule has 2 aromatic rings. The zero-order chi connectivity index (χ0) is 15.4. The molecule has 1 saturated carbocycles. The molecule has 1 aliphatic carbocycles. The minimum absolute atomic E-state index is 0.533. The Morgan fingerprint density at radius 2 is 1.86 bits per heavy atom. The predicted molar refractivity (Wildman–Crippen MR) is 91.2 cm³/mol. The minimum atomic E-state index is 0.533. The van der Waals surface area contributed by atoms with Crippen LogP contribution in [0, 0.1) is 13.8 Å². The van der Waals surface area contributed by atoms with Gasteiger partial charge in [-0.05, 0) is 37.8 Å². The van der Waals surface area contributed by atoms with E-state index in [1.165, 1.54) is 36.8 Å². The van der Waals surface area contributed by atoms with Crippen molar-refractivity contribution in [1.29, 1.82) is 0 Å². The molecule has 22 heavy (non-hydrogen) atoms. The highest BCUT2D eigenvalue weighted by molar-refractivity contribution is 5.43. The van der Waals surface area contributed by atoms with E-state index in [1.807, 2.05) is 13.0 Å². The van der Waals surface area contributed by atoms with Gasteiger partial charge in [-0.1, -0.05) is 37.1 Å². The smallest absolute Gasteiger partial charge is 0.225 e. The molecule has 0 unspecified atom stereocenters. The molecule has 116 valence electrons. The highest BCUT2D eigenvalue weighted by Crippen LogP contribution is 2.21. The van der Waals surface area contributed by atoms with Crippen LogP contribution < -0.4 is 10.6 Å². The maximum absolute atomic E-state index is 4.61. The number of benzene rings is 1. The fourth-order valence-electron chi connectivity index (χ4n) is 2.97. The molecule has 2 N–H and O–H groups in total. The summed E-state index contributed by atoms with van der Waals surface area (Å²) in [4.78, 5) is 9.12. The number of anilines is 2. The second-order valence-corrected chi connectivity index (χ2v) is 6.12. The Morgan fingerprint density at radius 3 is 2.64 bits per heavy atom. The van der Waals surface area contributed by atoms with Crippen LogP contribution in [0.2, 0.25) is 0 Å². The predicted octanol–water partition coefficient (Wildman–Crippen LogP) is 4.06. The maximum Gasteiger partial charge on any atom is 0.225 e. The van der Waals surface area contributed by atoms with E-state index in [4.69, 9.17) is 0 Å². The molecule has 4 heteroatoms. The summed E-state index contributed by atoms with van der Waals surface area (Å²) in [6, 6.07) is 11.0. The van der Waals surface area contributed by atoms with Crippen LogP contribution in [0.15, 0.2) is 30.3 Å². The summed E-state index contributed by atoms with van der Waals surface area (Å²) in [5.41, 5.74) is 3.58. The maximum atomic E-state index is 4.61. The molecule has 1 aliphatic rings. The Labute approximate surface area is 132 Å². The van der Waals surface area contributed by atoms with Crippen LogP contribution in [-0.2, 0) is 6.54 Å². The lowest BCUT2D eigenvalue weighted by Gasteiger charge is -2.14. The van der Waals surface area contributed by atoms with Gasteiger partial charge >= 0.3 is 0 Å². The summed E-state index contributed by atoms with van der Waals surface area (Å²) in [6.45, 7) is 4.93. The Morgan fingerprint density at radius 1 is 1.09 bits per heavy atom. The van der Waals surface area contributed by atoms with E-state index < -0.39 is 0 Å². The van der Waals surface area contributed by atoms with E-state index in [1.54, 1.807) is 0 Å². The molecular weight excluding hydrogens is 272 g/mol. The average molecular weight is 296 g/mol. The molecule has 3 rings (SSSR count). The van der Waals surface area contributed by atoms with E-state index in [9.17, 15) is 0 Å². The Hall–Kier alpha value is -2.10. The SMILES string of the molecule is Cc1cc(NCc2ccccc2C)nc(NC2CCCC2)n1. The van der Waals surface area contributed by atoms with Crippen LogP contribution in [0.1, 0.15) is 42.5 Å². The van der Waals surface area contributed by atoms with E-state index in [2.05, 4.69) is 51.8 Å². The van der Waals surface area contributed by atoms with Crippen molar-refractivity contribution >= 4 is 11.8 Å². The Bertz CT molecular complexity index is 633. The van der Waals surface area contributed by atoms with Gasteiger partial charge in [-0.3, -0.25) is 0 Å². The molecular formula is C18H24N4. The molecule has 0 bridgehead atoms. The van der Waals surface area contributed by atoms with Crippen molar-refractivity contribution in [2.24, 2.45) is 0 Å². The normalized spacial score (nSPS) is 15.0. The molecule has 0 atom stereocenters. The van der Waals surface area contributed by atoms with E-state index >= 15 is 0 Å². The molecule has 0 radical (unpaired) electrons. The minimum Gasteiger partial charge on any atom is -0.366 e. The third kappa shape index (κ3) is 3.75. The summed E-state index contributed by atoms with van der Waals surface area (Å²) in [5.74, 6) is 1.63. The lowest BCUT2D eigenvalue weighted by atomic mass is 10.1. The van der Waals surface area contributed by atoms with Gasteiger partial charge in [0.15, 0.2) is 0 Å². The standard InChI is InChI=1S/C18H24N4/c1-13-7-3-4-8-15(13)12-19-17-11-14(2)20-18(22-17)21-16-9-5-6-10-16/h3-4,7-8,11,16H,5-6,9-10,12H2,1-2H3,(H2,19,20,21,22).